The topological polar surface area (TPSA) is 175 Å². The number of unbranched alkanes of at least 4 members (excludes halogenated alkanes) is 29. The fraction of sp³-hybridized carbons (Fsp3) is 0.750. The smallest absolute Gasteiger partial charge is 0.306 e. The Morgan fingerprint density at radius 1 is 0.533 bits per heavy atom. The Kier molecular flexibility index (Phi) is 48.0. The van der Waals surface area contributed by atoms with Crippen molar-refractivity contribution in [3.63, 3.8) is 0 Å². The van der Waals surface area contributed by atoms with Gasteiger partial charge in [0.1, 0.15) is 24.4 Å². The Morgan fingerprint density at radius 3 is 1.44 bits per heavy atom. The average molecular weight is 1050 g/mol. The van der Waals surface area contributed by atoms with E-state index < -0.39 is 67.4 Å². The van der Waals surface area contributed by atoms with Crippen molar-refractivity contribution < 1.29 is 49.3 Å². The molecule has 8 unspecified atom stereocenters. The molecule has 6 N–H and O–H groups in total. The Morgan fingerprint density at radius 2 is 0.960 bits per heavy atom. The van der Waals surface area contributed by atoms with Crippen molar-refractivity contribution in [3.05, 3.63) is 85.1 Å². The molecule has 1 amide bonds. The molecular weight excluding hydrogens is 943 g/mol. The molecule has 0 saturated carbocycles. The molecule has 11 nitrogen and oxygen atoms in total. The van der Waals surface area contributed by atoms with Crippen molar-refractivity contribution in [1.82, 2.24) is 5.32 Å². The summed E-state index contributed by atoms with van der Waals surface area (Å²) in [5, 5.41) is 56.9. The van der Waals surface area contributed by atoms with Gasteiger partial charge in [-0.1, -0.05) is 279 Å². The second-order valence-corrected chi connectivity index (χ2v) is 20.9. The SMILES string of the molecule is CC\C=C/C=C/C=C/C=C\C=C\C=C\CCCCCC(=O)OC1C(OCC(NC(=O)C(O)CCCCCCCCCCCCCCCCCCCC)C(O)/C=C/CCCCCCCCCCC)OC(CO)C(O)C1O. The molecule has 0 spiro atoms. The minimum Gasteiger partial charge on any atom is -0.454 e. The van der Waals surface area contributed by atoms with Gasteiger partial charge in [0.15, 0.2) is 12.4 Å². The molecule has 1 aliphatic rings. The van der Waals surface area contributed by atoms with Gasteiger partial charge >= 0.3 is 5.97 Å². The highest BCUT2D eigenvalue weighted by atomic mass is 16.7. The fourth-order valence-electron chi connectivity index (χ4n) is 9.15. The van der Waals surface area contributed by atoms with Gasteiger partial charge < -0.3 is 45.1 Å². The minimum atomic E-state index is -1.64. The minimum absolute atomic E-state index is 0.0694. The maximum absolute atomic E-state index is 13.4. The van der Waals surface area contributed by atoms with Crippen LogP contribution < -0.4 is 5.32 Å². The van der Waals surface area contributed by atoms with Crippen molar-refractivity contribution in [2.45, 2.75) is 294 Å². The largest absolute Gasteiger partial charge is 0.454 e. The Hall–Kier alpha value is -3.16. The van der Waals surface area contributed by atoms with Gasteiger partial charge in [0.05, 0.1) is 25.4 Å². The lowest BCUT2D eigenvalue weighted by molar-refractivity contribution is -0.305. The summed E-state index contributed by atoms with van der Waals surface area (Å²) in [5.74, 6) is -1.24. The number of esters is 1. The Labute approximate surface area is 457 Å². The number of hydrogen-bond donors (Lipinski definition) is 6. The summed E-state index contributed by atoms with van der Waals surface area (Å²) in [6.07, 6.45) is 56.2. The van der Waals surface area contributed by atoms with Crippen molar-refractivity contribution in [3.8, 4) is 0 Å². The molecular formula is C64H111NO10. The number of ether oxygens (including phenoxy) is 3. The first-order chi connectivity index (χ1) is 36.7. The molecule has 8 atom stereocenters. The van der Waals surface area contributed by atoms with Gasteiger partial charge in [0, 0.05) is 6.42 Å². The van der Waals surface area contributed by atoms with Crippen molar-refractivity contribution in [1.29, 1.82) is 0 Å². The van der Waals surface area contributed by atoms with Crippen LogP contribution in [0.4, 0.5) is 0 Å². The number of allylic oxidation sites excluding steroid dienone is 13. The lowest BCUT2D eigenvalue weighted by atomic mass is 9.99. The fourth-order valence-corrected chi connectivity index (χ4v) is 9.15. The highest BCUT2D eigenvalue weighted by molar-refractivity contribution is 5.80. The van der Waals surface area contributed by atoms with Gasteiger partial charge in [-0.3, -0.25) is 9.59 Å². The summed E-state index contributed by atoms with van der Waals surface area (Å²) in [4.78, 5) is 26.5. The van der Waals surface area contributed by atoms with Crippen LogP contribution in [0.5, 0.6) is 0 Å². The number of aliphatic hydroxyl groups excluding tert-OH is 5. The van der Waals surface area contributed by atoms with Crippen molar-refractivity contribution in [2.24, 2.45) is 0 Å². The highest BCUT2D eigenvalue weighted by Crippen LogP contribution is 2.26. The molecule has 1 saturated heterocycles. The second kappa shape index (κ2) is 51.6. The number of aliphatic hydroxyl groups is 5. The molecule has 0 bridgehead atoms. The first kappa shape index (κ1) is 69.9. The summed E-state index contributed by atoms with van der Waals surface area (Å²) < 4.78 is 17.6. The van der Waals surface area contributed by atoms with E-state index in [2.05, 4.69) is 38.2 Å². The lowest BCUT2D eigenvalue weighted by Crippen LogP contribution is -2.61. The van der Waals surface area contributed by atoms with Crippen molar-refractivity contribution in [2.75, 3.05) is 13.2 Å². The van der Waals surface area contributed by atoms with E-state index in [1.165, 1.54) is 135 Å². The van der Waals surface area contributed by atoms with E-state index in [0.717, 1.165) is 64.2 Å². The van der Waals surface area contributed by atoms with Gasteiger partial charge in [-0.25, -0.2) is 0 Å². The highest BCUT2D eigenvalue weighted by Gasteiger charge is 2.47. The van der Waals surface area contributed by atoms with Gasteiger partial charge in [0.25, 0.3) is 0 Å². The van der Waals surface area contributed by atoms with Crippen LogP contribution in [0.1, 0.15) is 245 Å². The van der Waals surface area contributed by atoms with Crippen LogP contribution in [0, 0.1) is 0 Å². The first-order valence-electron chi connectivity index (χ1n) is 30.4. The van der Waals surface area contributed by atoms with Crippen LogP contribution in [0.25, 0.3) is 0 Å². The van der Waals surface area contributed by atoms with Gasteiger partial charge in [-0.2, -0.15) is 0 Å². The third kappa shape index (κ3) is 39.8. The number of nitrogens with one attached hydrogen (secondary N) is 1. The quantitative estimate of drug-likeness (QED) is 0.0149. The third-order valence-corrected chi connectivity index (χ3v) is 14.0. The lowest BCUT2D eigenvalue weighted by Gasteiger charge is -2.41. The predicted molar refractivity (Wildman–Crippen MR) is 310 cm³/mol. The summed E-state index contributed by atoms with van der Waals surface area (Å²) in [6.45, 7) is 5.61. The third-order valence-electron chi connectivity index (χ3n) is 14.0. The zero-order valence-electron chi connectivity index (χ0n) is 47.6. The number of rotatable bonds is 50. The maximum Gasteiger partial charge on any atom is 0.306 e. The van der Waals surface area contributed by atoms with Crippen LogP contribution in [-0.2, 0) is 23.8 Å². The van der Waals surface area contributed by atoms with E-state index in [9.17, 15) is 35.1 Å². The molecule has 0 aromatic carbocycles. The van der Waals surface area contributed by atoms with Crippen LogP contribution >= 0.6 is 0 Å². The molecule has 0 aromatic rings. The summed E-state index contributed by atoms with van der Waals surface area (Å²) in [5.41, 5.74) is 0. The van der Waals surface area contributed by atoms with E-state index in [1.807, 2.05) is 66.8 Å². The van der Waals surface area contributed by atoms with E-state index >= 15 is 0 Å². The zero-order valence-corrected chi connectivity index (χ0v) is 47.6. The van der Waals surface area contributed by atoms with E-state index in [1.54, 1.807) is 6.08 Å². The summed E-state index contributed by atoms with van der Waals surface area (Å²) >= 11 is 0. The number of carbonyl (C=O) groups is 2. The standard InChI is InChI=1S/C64H111NO10/c1-4-7-10-13-16-19-22-24-26-28-30-31-33-36-39-42-45-48-51-57(68)63(72)65-55(56(67)50-47-44-41-38-35-21-18-15-12-9-6-3)54-73-64-62(61(71)60(70)58(53-66)74-64)75-59(69)52-49-46-43-40-37-34-32-29-27-25-23-20-17-14-11-8-5-2/h8,11,14,17,20,23,25,27,29,32,34,37,47,50,55-58,60-62,64,66-68,70-71H,4-7,9-10,12-13,15-16,18-19,21-22,24,26,28,30-31,33,35-36,38-46,48-49,51-54H2,1-3H3,(H,65,72)/b11-8-,17-14+,23-20+,27-25-,32-29+,37-34+,50-47+. The summed E-state index contributed by atoms with van der Waals surface area (Å²) in [6, 6.07) is -1.04. The first-order valence-corrected chi connectivity index (χ1v) is 30.4. The summed E-state index contributed by atoms with van der Waals surface area (Å²) in [7, 11) is 0. The molecule has 432 valence electrons. The molecule has 1 aliphatic heterocycles. The molecule has 0 aromatic heterocycles. The van der Waals surface area contributed by atoms with Crippen LogP contribution in [0.3, 0.4) is 0 Å². The zero-order chi connectivity index (χ0) is 54.7. The number of hydrogen-bond acceptors (Lipinski definition) is 10. The van der Waals surface area contributed by atoms with Crippen LogP contribution in [0.2, 0.25) is 0 Å². The van der Waals surface area contributed by atoms with Gasteiger partial charge in [-0.05, 0) is 44.9 Å². The average Bonchev–Trinajstić information content (AvgIpc) is 3.41. The molecule has 0 aliphatic carbocycles. The maximum atomic E-state index is 13.4. The molecule has 1 fully saturated rings. The second-order valence-electron chi connectivity index (χ2n) is 20.9. The monoisotopic (exact) mass is 1050 g/mol. The molecule has 1 rings (SSSR count). The van der Waals surface area contributed by atoms with E-state index in [0.29, 0.717) is 12.8 Å². The Bertz CT molecular complexity index is 1540. The molecule has 75 heavy (non-hydrogen) atoms. The molecule has 0 radical (unpaired) electrons. The van der Waals surface area contributed by atoms with Gasteiger partial charge in [0.2, 0.25) is 5.91 Å². The van der Waals surface area contributed by atoms with E-state index in [4.69, 9.17) is 14.2 Å². The van der Waals surface area contributed by atoms with E-state index in [-0.39, 0.29) is 19.4 Å². The van der Waals surface area contributed by atoms with Crippen LogP contribution in [-0.4, -0.2) is 99.6 Å². The number of amides is 1. The molecule has 1 heterocycles. The van der Waals surface area contributed by atoms with Gasteiger partial charge in [-0.15, -0.1) is 0 Å². The predicted octanol–water partition coefficient (Wildman–Crippen LogP) is 14.2. The molecule has 11 heteroatoms. The Balaban J connectivity index is 2.71. The van der Waals surface area contributed by atoms with Crippen molar-refractivity contribution >= 4 is 11.9 Å². The number of carbonyl (C=O) groups excluding carboxylic acids is 2. The normalized spacial score (nSPS) is 19.8. The van der Waals surface area contributed by atoms with Crippen LogP contribution in [0.15, 0.2) is 85.1 Å².